The van der Waals surface area contributed by atoms with Gasteiger partial charge in [0.05, 0.1) is 6.61 Å². The fraction of sp³-hybridized carbons (Fsp3) is 0.200. The molecule has 2 rings (SSSR count). The minimum absolute atomic E-state index is 0.794. The lowest BCUT2D eigenvalue weighted by molar-refractivity contribution is 0.317. The summed E-state index contributed by atoms with van der Waals surface area (Å²) in [7, 11) is 0. The molecule has 0 aromatic heterocycles. The van der Waals surface area contributed by atoms with Crippen LogP contribution in [0.15, 0.2) is 60.7 Å². The molecule has 0 radical (unpaired) electrons. The second-order valence-corrected chi connectivity index (χ2v) is 3.89. The standard InChI is InChI=1S/C9H12O.C6H5Cl/c1-2-8-10-9-6-4-3-5-7-9;7-6-4-2-1-3-5-6/h3-7H,2,8H2,1H3;1-5H. The van der Waals surface area contributed by atoms with Gasteiger partial charge < -0.3 is 4.74 Å². The van der Waals surface area contributed by atoms with Crippen LogP contribution in [-0.4, -0.2) is 6.61 Å². The van der Waals surface area contributed by atoms with Gasteiger partial charge in [0.2, 0.25) is 0 Å². The largest absolute Gasteiger partial charge is 0.494 e. The quantitative estimate of drug-likeness (QED) is 0.757. The van der Waals surface area contributed by atoms with E-state index < -0.39 is 0 Å². The molecule has 2 heteroatoms. The van der Waals surface area contributed by atoms with Gasteiger partial charge in [-0.1, -0.05) is 54.9 Å². The number of rotatable bonds is 3. The number of hydrogen-bond donors (Lipinski definition) is 0. The molecule has 0 spiro atoms. The van der Waals surface area contributed by atoms with E-state index in [2.05, 4.69) is 6.92 Å². The Labute approximate surface area is 108 Å². The summed E-state index contributed by atoms with van der Waals surface area (Å²) in [5, 5.41) is 0.794. The van der Waals surface area contributed by atoms with Crippen molar-refractivity contribution >= 4 is 11.6 Å². The average molecular weight is 249 g/mol. The number of benzene rings is 2. The maximum atomic E-state index is 5.54. The summed E-state index contributed by atoms with van der Waals surface area (Å²) in [5.74, 6) is 0.962. The molecule has 0 atom stereocenters. The van der Waals surface area contributed by atoms with E-state index in [1.54, 1.807) is 0 Å². The summed E-state index contributed by atoms with van der Waals surface area (Å²) >= 11 is 5.54. The van der Waals surface area contributed by atoms with Crippen LogP contribution in [0.3, 0.4) is 0 Å². The van der Waals surface area contributed by atoms with Crippen molar-refractivity contribution in [2.24, 2.45) is 0 Å². The molecule has 0 saturated carbocycles. The highest BCUT2D eigenvalue weighted by Gasteiger charge is 1.86. The molecule has 2 aromatic rings. The monoisotopic (exact) mass is 248 g/mol. The predicted molar refractivity (Wildman–Crippen MR) is 73.7 cm³/mol. The predicted octanol–water partition coefficient (Wildman–Crippen LogP) is 4.82. The molecule has 0 heterocycles. The van der Waals surface area contributed by atoms with Crippen LogP contribution in [0.1, 0.15) is 13.3 Å². The van der Waals surface area contributed by atoms with E-state index in [1.165, 1.54) is 0 Å². The molecular weight excluding hydrogens is 232 g/mol. The third kappa shape index (κ3) is 6.64. The molecule has 0 N–H and O–H groups in total. The second-order valence-electron chi connectivity index (χ2n) is 3.46. The Kier molecular flexibility index (Phi) is 6.92. The molecule has 0 amide bonds. The van der Waals surface area contributed by atoms with Gasteiger partial charge in [-0.15, -0.1) is 0 Å². The van der Waals surface area contributed by atoms with Crippen molar-refractivity contribution in [3.8, 4) is 5.75 Å². The lowest BCUT2D eigenvalue weighted by Crippen LogP contribution is -1.93. The highest BCUT2D eigenvalue weighted by Crippen LogP contribution is 2.07. The van der Waals surface area contributed by atoms with Crippen LogP contribution in [0.5, 0.6) is 5.75 Å². The summed E-state index contributed by atoms with van der Waals surface area (Å²) in [4.78, 5) is 0. The number of hydrogen-bond acceptors (Lipinski definition) is 1. The van der Waals surface area contributed by atoms with Crippen LogP contribution in [0.25, 0.3) is 0 Å². The zero-order chi connectivity index (χ0) is 12.3. The molecule has 1 nitrogen and oxygen atoms in total. The summed E-state index contributed by atoms with van der Waals surface area (Å²) < 4.78 is 5.36. The fourth-order valence-corrected chi connectivity index (χ4v) is 1.30. The first-order valence-electron chi connectivity index (χ1n) is 5.71. The Balaban J connectivity index is 0.000000181. The van der Waals surface area contributed by atoms with Gasteiger partial charge in [-0.05, 0) is 30.7 Å². The van der Waals surface area contributed by atoms with E-state index in [-0.39, 0.29) is 0 Å². The molecule has 0 aliphatic carbocycles. The highest BCUT2D eigenvalue weighted by molar-refractivity contribution is 6.30. The summed E-state index contributed by atoms with van der Waals surface area (Å²) in [6, 6.07) is 19.3. The molecule has 0 fully saturated rings. The Hall–Kier alpha value is -1.47. The third-order valence-corrected chi connectivity index (χ3v) is 2.20. The molecule has 0 saturated heterocycles. The normalized spacial score (nSPS) is 9.06. The van der Waals surface area contributed by atoms with Crippen molar-refractivity contribution in [3.05, 3.63) is 65.7 Å². The van der Waals surface area contributed by atoms with Gasteiger partial charge in [-0.25, -0.2) is 0 Å². The molecule has 0 aliphatic heterocycles. The summed E-state index contributed by atoms with van der Waals surface area (Å²) in [6.07, 6.45) is 1.06. The van der Waals surface area contributed by atoms with Gasteiger partial charge in [0, 0.05) is 5.02 Å². The average Bonchev–Trinajstić information content (AvgIpc) is 2.39. The molecular formula is C15H17ClO. The molecule has 17 heavy (non-hydrogen) atoms. The van der Waals surface area contributed by atoms with Crippen molar-refractivity contribution in [2.45, 2.75) is 13.3 Å². The summed E-state index contributed by atoms with van der Waals surface area (Å²) in [5.41, 5.74) is 0. The highest BCUT2D eigenvalue weighted by atomic mass is 35.5. The number of ether oxygens (including phenoxy) is 1. The maximum absolute atomic E-state index is 5.54. The van der Waals surface area contributed by atoms with Gasteiger partial charge in [0.1, 0.15) is 5.75 Å². The van der Waals surface area contributed by atoms with Crippen molar-refractivity contribution in [2.75, 3.05) is 6.61 Å². The number of halogens is 1. The third-order valence-electron chi connectivity index (χ3n) is 1.95. The van der Waals surface area contributed by atoms with Crippen LogP contribution < -0.4 is 4.74 Å². The Morgan fingerprint density at radius 3 is 1.82 bits per heavy atom. The molecule has 0 bridgehead atoms. The van der Waals surface area contributed by atoms with Crippen molar-refractivity contribution in [1.29, 1.82) is 0 Å². The Bertz CT molecular complexity index is 386. The van der Waals surface area contributed by atoms with Gasteiger partial charge in [0.15, 0.2) is 0 Å². The van der Waals surface area contributed by atoms with E-state index in [4.69, 9.17) is 16.3 Å². The first-order chi connectivity index (χ1) is 8.33. The minimum Gasteiger partial charge on any atom is -0.494 e. The van der Waals surface area contributed by atoms with Gasteiger partial charge in [0.25, 0.3) is 0 Å². The first kappa shape index (κ1) is 13.6. The molecule has 90 valence electrons. The van der Waals surface area contributed by atoms with E-state index in [0.29, 0.717) is 0 Å². The van der Waals surface area contributed by atoms with Gasteiger partial charge in [-0.3, -0.25) is 0 Å². The van der Waals surface area contributed by atoms with Crippen LogP contribution >= 0.6 is 11.6 Å². The lowest BCUT2D eigenvalue weighted by atomic mass is 10.3. The zero-order valence-corrected chi connectivity index (χ0v) is 10.7. The number of para-hydroxylation sites is 1. The molecule has 2 aromatic carbocycles. The topological polar surface area (TPSA) is 9.23 Å². The van der Waals surface area contributed by atoms with E-state index in [1.807, 2.05) is 60.7 Å². The van der Waals surface area contributed by atoms with Crippen LogP contribution in [0, 0.1) is 0 Å². The van der Waals surface area contributed by atoms with E-state index >= 15 is 0 Å². The SMILES string of the molecule is CCCOc1ccccc1.Clc1ccccc1. The molecule has 0 unspecified atom stereocenters. The van der Waals surface area contributed by atoms with E-state index in [0.717, 1.165) is 23.8 Å². The molecule has 0 aliphatic rings. The minimum atomic E-state index is 0.794. The fourth-order valence-electron chi connectivity index (χ4n) is 1.15. The first-order valence-corrected chi connectivity index (χ1v) is 6.09. The maximum Gasteiger partial charge on any atom is 0.119 e. The van der Waals surface area contributed by atoms with Crippen LogP contribution in [-0.2, 0) is 0 Å². The Morgan fingerprint density at radius 2 is 1.41 bits per heavy atom. The second kappa shape index (κ2) is 8.66. The van der Waals surface area contributed by atoms with E-state index in [9.17, 15) is 0 Å². The zero-order valence-electron chi connectivity index (χ0n) is 9.97. The van der Waals surface area contributed by atoms with Crippen molar-refractivity contribution in [1.82, 2.24) is 0 Å². The smallest absolute Gasteiger partial charge is 0.119 e. The van der Waals surface area contributed by atoms with Crippen LogP contribution in [0.2, 0.25) is 5.02 Å². The summed E-state index contributed by atoms with van der Waals surface area (Å²) in [6.45, 7) is 2.91. The lowest BCUT2D eigenvalue weighted by Gasteiger charge is -2.01. The Morgan fingerprint density at radius 1 is 0.882 bits per heavy atom. The van der Waals surface area contributed by atoms with Crippen molar-refractivity contribution < 1.29 is 4.74 Å². The van der Waals surface area contributed by atoms with Gasteiger partial charge >= 0.3 is 0 Å². The van der Waals surface area contributed by atoms with Crippen LogP contribution in [0.4, 0.5) is 0 Å². The van der Waals surface area contributed by atoms with Gasteiger partial charge in [-0.2, -0.15) is 0 Å². The van der Waals surface area contributed by atoms with Crippen molar-refractivity contribution in [3.63, 3.8) is 0 Å².